The number of amides is 2. The molecule has 1 aliphatic heterocycles. The van der Waals surface area contributed by atoms with E-state index in [1.54, 1.807) is 0 Å². The summed E-state index contributed by atoms with van der Waals surface area (Å²) in [5.41, 5.74) is 5.35. The first kappa shape index (κ1) is 15.3. The van der Waals surface area contributed by atoms with E-state index in [0.29, 0.717) is 5.92 Å². The monoisotopic (exact) mass is 281 g/mol. The highest BCUT2D eigenvalue weighted by Crippen LogP contribution is 2.28. The van der Waals surface area contributed by atoms with Gasteiger partial charge in [0.05, 0.1) is 0 Å². The second-order valence-electron chi connectivity index (χ2n) is 6.21. The van der Waals surface area contributed by atoms with Gasteiger partial charge in [0.25, 0.3) is 0 Å². The molecule has 0 aromatic carbocycles. The van der Waals surface area contributed by atoms with E-state index in [1.807, 2.05) is 0 Å². The summed E-state index contributed by atoms with van der Waals surface area (Å²) >= 11 is 0. The number of carbonyl (C=O) groups excluding carboxylic acids is 2. The first-order valence-electron chi connectivity index (χ1n) is 7.96. The summed E-state index contributed by atoms with van der Waals surface area (Å²) in [5.74, 6) is 0.312. The van der Waals surface area contributed by atoms with Crippen LogP contribution in [0.4, 0.5) is 0 Å². The van der Waals surface area contributed by atoms with Crippen molar-refractivity contribution in [3.63, 3.8) is 0 Å². The van der Waals surface area contributed by atoms with Gasteiger partial charge in [-0.05, 0) is 44.7 Å². The predicted octanol–water partition coefficient (Wildman–Crippen LogP) is 0.926. The summed E-state index contributed by atoms with van der Waals surface area (Å²) in [6, 6.07) is -0.0600. The molecule has 2 rings (SSSR count). The minimum absolute atomic E-state index is 0.0600. The Kier molecular flexibility index (Phi) is 5.83. The van der Waals surface area contributed by atoms with Gasteiger partial charge in [0.2, 0.25) is 11.8 Å². The molecule has 0 radical (unpaired) electrons. The topological polar surface area (TPSA) is 84.2 Å². The summed E-state index contributed by atoms with van der Waals surface area (Å²) in [6.07, 6.45) is 7.92. The number of hydrogen-bond acceptors (Lipinski definition) is 3. The van der Waals surface area contributed by atoms with E-state index >= 15 is 0 Å². The van der Waals surface area contributed by atoms with Crippen molar-refractivity contribution in [3.8, 4) is 0 Å². The molecule has 1 saturated carbocycles. The summed E-state index contributed by atoms with van der Waals surface area (Å²) in [5, 5.41) is 6.38. The van der Waals surface area contributed by atoms with Crippen molar-refractivity contribution >= 4 is 11.8 Å². The molecule has 1 heterocycles. The van der Waals surface area contributed by atoms with Crippen LogP contribution in [0.5, 0.6) is 0 Å². The van der Waals surface area contributed by atoms with Gasteiger partial charge in [-0.3, -0.25) is 9.59 Å². The van der Waals surface area contributed by atoms with Crippen molar-refractivity contribution in [2.45, 2.75) is 57.4 Å². The molecule has 5 heteroatoms. The largest absolute Gasteiger partial charge is 0.370 e. The summed E-state index contributed by atoms with van der Waals surface area (Å²) in [4.78, 5) is 23.6. The van der Waals surface area contributed by atoms with Crippen LogP contribution < -0.4 is 16.4 Å². The van der Waals surface area contributed by atoms with Crippen LogP contribution >= 0.6 is 0 Å². The highest BCUT2D eigenvalue weighted by Gasteiger charge is 2.29. The van der Waals surface area contributed by atoms with Crippen LogP contribution in [0.3, 0.4) is 0 Å². The van der Waals surface area contributed by atoms with E-state index in [4.69, 9.17) is 5.73 Å². The summed E-state index contributed by atoms with van der Waals surface area (Å²) < 4.78 is 0. The number of rotatable bonds is 5. The van der Waals surface area contributed by atoms with Crippen LogP contribution in [0.15, 0.2) is 0 Å². The van der Waals surface area contributed by atoms with Gasteiger partial charge in [-0.25, -0.2) is 0 Å². The van der Waals surface area contributed by atoms with Gasteiger partial charge >= 0.3 is 0 Å². The molecular formula is C15H27N3O2. The third kappa shape index (κ3) is 4.47. The van der Waals surface area contributed by atoms with Crippen LogP contribution in [-0.2, 0) is 9.59 Å². The lowest BCUT2D eigenvalue weighted by Crippen LogP contribution is -2.47. The van der Waals surface area contributed by atoms with Gasteiger partial charge in [-0.15, -0.1) is 0 Å². The minimum atomic E-state index is -0.314. The number of piperidine rings is 1. The lowest BCUT2D eigenvalue weighted by atomic mass is 9.82. The Bertz CT molecular complexity index is 334. The Morgan fingerprint density at radius 2 is 1.75 bits per heavy atom. The molecule has 1 atom stereocenters. The Morgan fingerprint density at radius 3 is 2.35 bits per heavy atom. The second-order valence-corrected chi connectivity index (χ2v) is 6.21. The molecule has 0 spiro atoms. The van der Waals surface area contributed by atoms with Crippen LogP contribution in [-0.4, -0.2) is 30.9 Å². The SMILES string of the molecule is NC(=O)CC(NC(=O)C1CCNCC1)C1CCCCC1. The van der Waals surface area contributed by atoms with Crippen molar-refractivity contribution in [3.05, 3.63) is 0 Å². The maximum Gasteiger partial charge on any atom is 0.223 e. The fourth-order valence-corrected chi connectivity index (χ4v) is 3.47. The second kappa shape index (κ2) is 7.62. The number of hydrogen-bond donors (Lipinski definition) is 3. The zero-order valence-electron chi connectivity index (χ0n) is 12.2. The fraction of sp³-hybridized carbons (Fsp3) is 0.867. The standard InChI is InChI=1S/C15H27N3O2/c16-14(19)10-13(11-4-2-1-3-5-11)18-15(20)12-6-8-17-9-7-12/h11-13,17H,1-10H2,(H2,16,19)(H,18,20). The first-order valence-corrected chi connectivity index (χ1v) is 7.96. The average Bonchev–Trinajstić information content (AvgIpc) is 2.48. The average molecular weight is 281 g/mol. The van der Waals surface area contributed by atoms with Crippen LogP contribution in [0, 0.1) is 11.8 Å². The normalized spacial score (nSPS) is 23.2. The third-order valence-electron chi connectivity index (χ3n) is 4.68. The zero-order chi connectivity index (χ0) is 14.4. The molecule has 0 aromatic heterocycles. The van der Waals surface area contributed by atoms with Gasteiger partial charge < -0.3 is 16.4 Å². The maximum absolute atomic E-state index is 12.3. The van der Waals surface area contributed by atoms with Crippen LogP contribution in [0.1, 0.15) is 51.4 Å². The number of nitrogens with two attached hydrogens (primary N) is 1. The van der Waals surface area contributed by atoms with Crippen molar-refractivity contribution < 1.29 is 9.59 Å². The van der Waals surface area contributed by atoms with Gasteiger partial charge in [0.15, 0.2) is 0 Å². The van der Waals surface area contributed by atoms with Crippen molar-refractivity contribution in [1.82, 2.24) is 10.6 Å². The lowest BCUT2D eigenvalue weighted by molar-refractivity contribution is -0.127. The Labute approximate surface area is 121 Å². The molecule has 2 aliphatic rings. The molecule has 114 valence electrons. The van der Waals surface area contributed by atoms with Gasteiger partial charge in [0.1, 0.15) is 0 Å². The molecule has 1 unspecified atom stereocenters. The highest BCUT2D eigenvalue weighted by molar-refractivity contribution is 5.80. The number of primary amides is 1. The molecule has 1 saturated heterocycles. The lowest BCUT2D eigenvalue weighted by Gasteiger charge is -2.32. The molecular weight excluding hydrogens is 254 g/mol. The van der Waals surface area contributed by atoms with Gasteiger partial charge in [-0.2, -0.15) is 0 Å². The Morgan fingerprint density at radius 1 is 1.10 bits per heavy atom. The van der Waals surface area contributed by atoms with E-state index < -0.39 is 0 Å². The van der Waals surface area contributed by atoms with E-state index in [2.05, 4.69) is 10.6 Å². The molecule has 2 fully saturated rings. The van der Waals surface area contributed by atoms with E-state index in [9.17, 15) is 9.59 Å². The van der Waals surface area contributed by atoms with E-state index in [1.165, 1.54) is 19.3 Å². The fourth-order valence-electron chi connectivity index (χ4n) is 3.47. The molecule has 0 aromatic rings. The number of carbonyl (C=O) groups is 2. The van der Waals surface area contributed by atoms with E-state index in [0.717, 1.165) is 38.8 Å². The Balaban J connectivity index is 1.91. The molecule has 2 amide bonds. The van der Waals surface area contributed by atoms with E-state index in [-0.39, 0.29) is 30.2 Å². The quantitative estimate of drug-likeness (QED) is 0.701. The zero-order valence-corrected chi connectivity index (χ0v) is 12.2. The van der Waals surface area contributed by atoms with Gasteiger partial charge in [-0.1, -0.05) is 19.3 Å². The smallest absolute Gasteiger partial charge is 0.223 e. The van der Waals surface area contributed by atoms with Gasteiger partial charge in [0, 0.05) is 18.4 Å². The molecule has 5 nitrogen and oxygen atoms in total. The van der Waals surface area contributed by atoms with Crippen LogP contribution in [0.25, 0.3) is 0 Å². The molecule has 1 aliphatic carbocycles. The third-order valence-corrected chi connectivity index (χ3v) is 4.68. The Hall–Kier alpha value is -1.10. The molecule has 0 bridgehead atoms. The summed E-state index contributed by atoms with van der Waals surface area (Å²) in [7, 11) is 0. The molecule has 4 N–H and O–H groups in total. The molecule has 20 heavy (non-hydrogen) atoms. The number of nitrogens with one attached hydrogen (secondary N) is 2. The van der Waals surface area contributed by atoms with Crippen molar-refractivity contribution in [2.75, 3.05) is 13.1 Å². The predicted molar refractivity (Wildman–Crippen MR) is 77.9 cm³/mol. The van der Waals surface area contributed by atoms with Crippen molar-refractivity contribution in [2.24, 2.45) is 17.6 Å². The first-order chi connectivity index (χ1) is 9.66. The highest BCUT2D eigenvalue weighted by atomic mass is 16.2. The summed E-state index contributed by atoms with van der Waals surface area (Å²) in [6.45, 7) is 1.81. The van der Waals surface area contributed by atoms with Crippen molar-refractivity contribution in [1.29, 1.82) is 0 Å². The maximum atomic E-state index is 12.3. The minimum Gasteiger partial charge on any atom is -0.370 e. The van der Waals surface area contributed by atoms with Crippen LogP contribution in [0.2, 0.25) is 0 Å².